The normalized spacial score (nSPS) is 10.3. The Morgan fingerprint density at radius 2 is 1.83 bits per heavy atom. The number of benzene rings is 2. The molecule has 0 saturated heterocycles. The van der Waals surface area contributed by atoms with Crippen LogP contribution in [-0.4, -0.2) is 26.2 Å². The molecule has 0 heterocycles. The molecule has 0 aliphatic rings. The predicted octanol–water partition coefficient (Wildman–Crippen LogP) is 3.77. The molecule has 5 heteroatoms. The first-order chi connectivity index (χ1) is 11.0. The van der Waals surface area contributed by atoms with Crippen LogP contribution >= 0.6 is 11.6 Å². The van der Waals surface area contributed by atoms with E-state index in [9.17, 15) is 4.79 Å². The fraction of sp³-hybridized carbons (Fsp3) is 0.278. The fourth-order valence-electron chi connectivity index (χ4n) is 2.26. The lowest BCUT2D eigenvalue weighted by Gasteiger charge is -2.10. The Balaban J connectivity index is 1.84. The summed E-state index contributed by atoms with van der Waals surface area (Å²) in [5.74, 6) is 1.16. The van der Waals surface area contributed by atoms with E-state index in [2.05, 4.69) is 11.4 Å². The summed E-state index contributed by atoms with van der Waals surface area (Å²) in [4.78, 5) is 12.0. The number of amides is 1. The Hall–Kier alpha value is -2.20. The molecule has 0 aromatic heterocycles. The van der Waals surface area contributed by atoms with Gasteiger partial charge in [0.1, 0.15) is 18.1 Å². The summed E-state index contributed by atoms with van der Waals surface area (Å²) in [5, 5.41) is 3.21. The van der Waals surface area contributed by atoms with Gasteiger partial charge in [-0.1, -0.05) is 17.7 Å². The first-order valence-electron chi connectivity index (χ1n) is 7.32. The Kier molecular flexibility index (Phi) is 5.88. The summed E-state index contributed by atoms with van der Waals surface area (Å²) < 4.78 is 10.7. The second-order valence-electron chi connectivity index (χ2n) is 5.28. The van der Waals surface area contributed by atoms with E-state index in [-0.39, 0.29) is 5.91 Å². The van der Waals surface area contributed by atoms with Gasteiger partial charge in [-0.3, -0.25) is 4.79 Å². The summed E-state index contributed by atoms with van der Waals surface area (Å²) in [6, 6.07) is 11.0. The van der Waals surface area contributed by atoms with Crippen molar-refractivity contribution >= 4 is 17.5 Å². The van der Waals surface area contributed by atoms with Crippen molar-refractivity contribution in [3.63, 3.8) is 0 Å². The molecule has 0 fully saturated rings. The second-order valence-corrected chi connectivity index (χ2v) is 5.68. The molecule has 2 aromatic carbocycles. The van der Waals surface area contributed by atoms with Crippen molar-refractivity contribution in [1.82, 2.24) is 5.32 Å². The zero-order chi connectivity index (χ0) is 16.8. The van der Waals surface area contributed by atoms with Gasteiger partial charge in [0.25, 0.3) is 5.91 Å². The van der Waals surface area contributed by atoms with Gasteiger partial charge in [0, 0.05) is 5.56 Å². The highest BCUT2D eigenvalue weighted by atomic mass is 35.5. The maximum absolute atomic E-state index is 12.0. The topological polar surface area (TPSA) is 47.6 Å². The molecule has 0 radical (unpaired) electrons. The lowest BCUT2D eigenvalue weighted by molar-refractivity contribution is 0.0947. The molecule has 0 bridgehead atoms. The number of ether oxygens (including phenoxy) is 2. The van der Waals surface area contributed by atoms with Crippen molar-refractivity contribution in [2.24, 2.45) is 0 Å². The van der Waals surface area contributed by atoms with Crippen molar-refractivity contribution in [2.45, 2.75) is 13.8 Å². The molecule has 1 amide bonds. The molecular formula is C18H20ClNO3. The highest BCUT2D eigenvalue weighted by molar-refractivity contribution is 6.32. The molecule has 23 heavy (non-hydrogen) atoms. The van der Waals surface area contributed by atoms with Gasteiger partial charge in [0.05, 0.1) is 18.7 Å². The Morgan fingerprint density at radius 1 is 1.13 bits per heavy atom. The number of hydrogen-bond acceptors (Lipinski definition) is 3. The summed E-state index contributed by atoms with van der Waals surface area (Å²) >= 11 is 6.01. The average molecular weight is 334 g/mol. The van der Waals surface area contributed by atoms with E-state index in [1.165, 1.54) is 7.11 Å². The van der Waals surface area contributed by atoms with Gasteiger partial charge in [0.2, 0.25) is 0 Å². The van der Waals surface area contributed by atoms with Crippen LogP contribution in [0, 0.1) is 13.8 Å². The molecule has 122 valence electrons. The standard InChI is InChI=1S/C18H20ClNO3/c1-12-8-13(2)10-15(9-12)23-7-6-20-18(21)14-4-5-17(22-3)16(19)11-14/h4-5,8-11H,6-7H2,1-3H3,(H,20,21). The number of carbonyl (C=O) groups is 1. The minimum Gasteiger partial charge on any atom is -0.495 e. The Bertz CT molecular complexity index is 680. The zero-order valence-electron chi connectivity index (χ0n) is 13.5. The molecule has 2 aromatic rings. The van der Waals surface area contributed by atoms with E-state index >= 15 is 0 Å². The van der Waals surface area contributed by atoms with Gasteiger partial charge < -0.3 is 14.8 Å². The van der Waals surface area contributed by atoms with Crippen LogP contribution in [0.2, 0.25) is 5.02 Å². The molecule has 2 rings (SSSR count). The fourth-order valence-corrected chi connectivity index (χ4v) is 2.52. The van der Waals surface area contributed by atoms with Crippen LogP contribution in [0.3, 0.4) is 0 Å². The minimum atomic E-state index is -0.196. The number of halogens is 1. The number of methoxy groups -OCH3 is 1. The predicted molar refractivity (Wildman–Crippen MR) is 91.7 cm³/mol. The summed E-state index contributed by atoms with van der Waals surface area (Å²) in [5.41, 5.74) is 2.79. The monoisotopic (exact) mass is 333 g/mol. The van der Waals surface area contributed by atoms with E-state index < -0.39 is 0 Å². The number of nitrogens with one attached hydrogen (secondary N) is 1. The molecule has 0 atom stereocenters. The third-order valence-electron chi connectivity index (χ3n) is 3.27. The van der Waals surface area contributed by atoms with E-state index in [0.29, 0.717) is 29.5 Å². The molecule has 0 unspecified atom stereocenters. The first-order valence-corrected chi connectivity index (χ1v) is 7.70. The maximum Gasteiger partial charge on any atom is 0.251 e. The van der Waals surface area contributed by atoms with Gasteiger partial charge in [-0.05, 0) is 55.3 Å². The van der Waals surface area contributed by atoms with E-state index in [1.807, 2.05) is 26.0 Å². The van der Waals surface area contributed by atoms with Crippen molar-refractivity contribution in [1.29, 1.82) is 0 Å². The highest BCUT2D eigenvalue weighted by Crippen LogP contribution is 2.24. The third-order valence-corrected chi connectivity index (χ3v) is 3.56. The number of rotatable bonds is 6. The van der Waals surface area contributed by atoms with Crippen molar-refractivity contribution in [3.05, 3.63) is 58.1 Å². The van der Waals surface area contributed by atoms with Crippen LogP contribution in [0.5, 0.6) is 11.5 Å². The maximum atomic E-state index is 12.0. The first kappa shape index (κ1) is 17.2. The molecule has 4 nitrogen and oxygen atoms in total. The minimum absolute atomic E-state index is 0.196. The van der Waals surface area contributed by atoms with Crippen LogP contribution in [-0.2, 0) is 0 Å². The van der Waals surface area contributed by atoms with E-state index in [4.69, 9.17) is 21.1 Å². The van der Waals surface area contributed by atoms with Crippen LogP contribution < -0.4 is 14.8 Å². The van der Waals surface area contributed by atoms with Gasteiger partial charge in [-0.2, -0.15) is 0 Å². The molecule has 1 N–H and O–H groups in total. The number of carbonyl (C=O) groups excluding carboxylic acids is 1. The van der Waals surface area contributed by atoms with E-state index in [0.717, 1.165) is 16.9 Å². The number of aryl methyl sites for hydroxylation is 2. The average Bonchev–Trinajstić information content (AvgIpc) is 2.50. The van der Waals surface area contributed by atoms with Gasteiger partial charge in [-0.25, -0.2) is 0 Å². The highest BCUT2D eigenvalue weighted by Gasteiger charge is 2.08. The molecule has 0 saturated carbocycles. The van der Waals surface area contributed by atoms with Crippen LogP contribution in [0.25, 0.3) is 0 Å². The quantitative estimate of drug-likeness (QED) is 0.818. The Labute approximate surface area is 141 Å². The summed E-state index contributed by atoms with van der Waals surface area (Å²) in [6.07, 6.45) is 0. The molecule has 0 spiro atoms. The van der Waals surface area contributed by atoms with Crippen LogP contribution in [0.1, 0.15) is 21.5 Å². The van der Waals surface area contributed by atoms with E-state index in [1.54, 1.807) is 18.2 Å². The Morgan fingerprint density at radius 3 is 2.43 bits per heavy atom. The zero-order valence-corrected chi connectivity index (χ0v) is 14.2. The third kappa shape index (κ3) is 4.89. The van der Waals surface area contributed by atoms with Crippen molar-refractivity contribution in [3.8, 4) is 11.5 Å². The van der Waals surface area contributed by atoms with Gasteiger partial charge in [0.15, 0.2) is 0 Å². The second kappa shape index (κ2) is 7.88. The SMILES string of the molecule is COc1ccc(C(=O)NCCOc2cc(C)cc(C)c2)cc1Cl. The molecule has 0 aliphatic heterocycles. The lowest BCUT2D eigenvalue weighted by atomic mass is 10.1. The van der Waals surface area contributed by atoms with Gasteiger partial charge >= 0.3 is 0 Å². The number of hydrogen-bond donors (Lipinski definition) is 1. The largest absolute Gasteiger partial charge is 0.495 e. The van der Waals surface area contributed by atoms with Crippen molar-refractivity contribution in [2.75, 3.05) is 20.3 Å². The van der Waals surface area contributed by atoms with Gasteiger partial charge in [-0.15, -0.1) is 0 Å². The van der Waals surface area contributed by atoms with Crippen LogP contribution in [0.15, 0.2) is 36.4 Å². The smallest absolute Gasteiger partial charge is 0.251 e. The lowest BCUT2D eigenvalue weighted by Crippen LogP contribution is -2.28. The van der Waals surface area contributed by atoms with Crippen molar-refractivity contribution < 1.29 is 14.3 Å². The molecular weight excluding hydrogens is 314 g/mol. The molecule has 0 aliphatic carbocycles. The summed E-state index contributed by atoms with van der Waals surface area (Å²) in [7, 11) is 1.53. The van der Waals surface area contributed by atoms with Crippen LogP contribution in [0.4, 0.5) is 0 Å². The summed E-state index contributed by atoms with van der Waals surface area (Å²) in [6.45, 7) is 4.86.